The number of nitrogens with zero attached hydrogens (tertiary/aromatic N) is 4. The van der Waals surface area contributed by atoms with Crippen molar-refractivity contribution in [2.45, 2.75) is 26.5 Å². The van der Waals surface area contributed by atoms with Gasteiger partial charge >= 0.3 is 0 Å². The SMILES string of the molecule is CCCn1nnc(NC(=S)NC(=O)c2cccc(OCc3ccccc3)c2)n1. The van der Waals surface area contributed by atoms with Crippen molar-refractivity contribution in [1.82, 2.24) is 25.5 Å². The van der Waals surface area contributed by atoms with Crippen LogP contribution in [0.15, 0.2) is 54.6 Å². The summed E-state index contributed by atoms with van der Waals surface area (Å²) in [6, 6.07) is 16.7. The third-order valence-electron chi connectivity index (χ3n) is 3.67. The van der Waals surface area contributed by atoms with Crippen molar-refractivity contribution in [1.29, 1.82) is 0 Å². The molecule has 0 aliphatic heterocycles. The number of hydrogen-bond donors (Lipinski definition) is 2. The van der Waals surface area contributed by atoms with Crippen molar-refractivity contribution >= 4 is 29.2 Å². The molecule has 0 radical (unpaired) electrons. The van der Waals surface area contributed by atoms with Crippen molar-refractivity contribution in [3.8, 4) is 5.75 Å². The van der Waals surface area contributed by atoms with Crippen LogP contribution in [-0.2, 0) is 13.2 Å². The third-order valence-corrected chi connectivity index (χ3v) is 3.88. The van der Waals surface area contributed by atoms with Crippen molar-refractivity contribution < 1.29 is 9.53 Å². The van der Waals surface area contributed by atoms with Crippen LogP contribution in [0.4, 0.5) is 5.95 Å². The lowest BCUT2D eigenvalue weighted by molar-refractivity contribution is 0.0977. The second-order valence-electron chi connectivity index (χ2n) is 5.92. The molecule has 0 saturated heterocycles. The first-order valence-corrected chi connectivity index (χ1v) is 9.22. The van der Waals surface area contributed by atoms with E-state index in [1.54, 1.807) is 24.3 Å². The lowest BCUT2D eigenvalue weighted by Crippen LogP contribution is -2.34. The fraction of sp³-hybridized carbons (Fsp3) is 0.211. The highest BCUT2D eigenvalue weighted by Gasteiger charge is 2.11. The van der Waals surface area contributed by atoms with Gasteiger partial charge < -0.3 is 4.74 Å². The number of nitrogens with one attached hydrogen (secondary N) is 2. The van der Waals surface area contributed by atoms with E-state index >= 15 is 0 Å². The Kier molecular flexibility index (Phi) is 6.64. The first-order chi connectivity index (χ1) is 13.6. The molecule has 2 aromatic carbocycles. The van der Waals surface area contributed by atoms with E-state index in [2.05, 4.69) is 26.0 Å². The number of ether oxygens (including phenoxy) is 1. The van der Waals surface area contributed by atoms with Crippen LogP contribution in [0.2, 0.25) is 0 Å². The van der Waals surface area contributed by atoms with Gasteiger partial charge in [-0.1, -0.05) is 48.4 Å². The lowest BCUT2D eigenvalue weighted by Gasteiger charge is -2.09. The Morgan fingerprint density at radius 2 is 2.00 bits per heavy atom. The van der Waals surface area contributed by atoms with Gasteiger partial charge in [-0.25, -0.2) is 0 Å². The Bertz CT molecular complexity index is 944. The lowest BCUT2D eigenvalue weighted by atomic mass is 10.2. The highest BCUT2D eigenvalue weighted by molar-refractivity contribution is 7.80. The molecule has 0 aliphatic rings. The zero-order valence-corrected chi connectivity index (χ0v) is 16.1. The molecule has 9 heteroatoms. The molecule has 0 aliphatic carbocycles. The van der Waals surface area contributed by atoms with Crippen LogP contribution < -0.4 is 15.4 Å². The van der Waals surface area contributed by atoms with E-state index in [0.717, 1.165) is 12.0 Å². The highest BCUT2D eigenvalue weighted by Crippen LogP contribution is 2.15. The second kappa shape index (κ2) is 9.56. The first kappa shape index (κ1) is 19.4. The monoisotopic (exact) mass is 396 g/mol. The van der Waals surface area contributed by atoms with Crippen molar-refractivity contribution in [3.05, 3.63) is 65.7 Å². The van der Waals surface area contributed by atoms with Crippen molar-refractivity contribution in [3.63, 3.8) is 0 Å². The molecule has 1 aromatic heterocycles. The number of tetrazole rings is 1. The van der Waals surface area contributed by atoms with Crippen LogP contribution in [0.5, 0.6) is 5.75 Å². The molecule has 28 heavy (non-hydrogen) atoms. The molecule has 2 N–H and O–H groups in total. The number of amides is 1. The molecule has 1 heterocycles. The molecule has 0 saturated carbocycles. The Hall–Kier alpha value is -3.33. The smallest absolute Gasteiger partial charge is 0.269 e. The van der Waals surface area contributed by atoms with E-state index in [4.69, 9.17) is 17.0 Å². The van der Waals surface area contributed by atoms with Crippen molar-refractivity contribution in [2.24, 2.45) is 0 Å². The highest BCUT2D eigenvalue weighted by atomic mass is 32.1. The summed E-state index contributed by atoms with van der Waals surface area (Å²) in [4.78, 5) is 13.9. The van der Waals surface area contributed by atoms with Gasteiger partial charge in [-0.2, -0.15) is 4.80 Å². The van der Waals surface area contributed by atoms with Crippen LogP contribution in [-0.4, -0.2) is 31.2 Å². The van der Waals surface area contributed by atoms with Gasteiger partial charge in [0, 0.05) is 5.56 Å². The maximum Gasteiger partial charge on any atom is 0.269 e. The summed E-state index contributed by atoms with van der Waals surface area (Å²) in [6.45, 7) is 3.09. The Morgan fingerprint density at radius 1 is 1.18 bits per heavy atom. The zero-order chi connectivity index (χ0) is 19.8. The van der Waals surface area contributed by atoms with E-state index in [0.29, 0.717) is 24.5 Å². The first-order valence-electron chi connectivity index (χ1n) is 8.81. The number of aryl methyl sites for hydroxylation is 1. The van der Waals surface area contributed by atoms with Crippen LogP contribution >= 0.6 is 12.2 Å². The van der Waals surface area contributed by atoms with E-state index in [1.165, 1.54) is 4.80 Å². The minimum atomic E-state index is -0.358. The van der Waals surface area contributed by atoms with E-state index in [1.807, 2.05) is 37.3 Å². The predicted molar refractivity (Wildman–Crippen MR) is 109 cm³/mol. The van der Waals surface area contributed by atoms with Crippen LogP contribution in [0.1, 0.15) is 29.3 Å². The largest absolute Gasteiger partial charge is 0.489 e. The molecule has 8 nitrogen and oxygen atoms in total. The number of carbonyl (C=O) groups excluding carboxylic acids is 1. The molecule has 0 atom stereocenters. The fourth-order valence-electron chi connectivity index (χ4n) is 2.36. The number of anilines is 1. The Morgan fingerprint density at radius 3 is 2.79 bits per heavy atom. The molecule has 0 bridgehead atoms. The number of aromatic nitrogens is 4. The van der Waals surface area contributed by atoms with Gasteiger partial charge in [0.15, 0.2) is 5.11 Å². The third kappa shape index (κ3) is 5.58. The molecule has 0 spiro atoms. The molecule has 3 rings (SSSR count). The van der Waals surface area contributed by atoms with E-state index < -0.39 is 0 Å². The molecule has 0 unspecified atom stereocenters. The quantitative estimate of drug-likeness (QED) is 0.593. The minimum Gasteiger partial charge on any atom is -0.489 e. The Labute approximate surface area is 167 Å². The predicted octanol–water partition coefficient (Wildman–Crippen LogP) is 2.79. The maximum absolute atomic E-state index is 12.4. The van der Waals surface area contributed by atoms with Gasteiger partial charge in [-0.3, -0.25) is 15.4 Å². The summed E-state index contributed by atoms with van der Waals surface area (Å²) in [6.07, 6.45) is 0.889. The summed E-state index contributed by atoms with van der Waals surface area (Å²) in [5.74, 6) is 0.474. The normalized spacial score (nSPS) is 10.3. The summed E-state index contributed by atoms with van der Waals surface area (Å²) in [7, 11) is 0. The van der Waals surface area contributed by atoms with Gasteiger partial charge in [-0.05, 0) is 47.6 Å². The minimum absolute atomic E-state index is 0.0941. The summed E-state index contributed by atoms with van der Waals surface area (Å²) >= 11 is 5.14. The number of benzene rings is 2. The molecular formula is C19H20N6O2S. The van der Waals surface area contributed by atoms with Gasteiger partial charge in [-0.15, -0.1) is 5.10 Å². The molecule has 0 fully saturated rings. The average Bonchev–Trinajstić information content (AvgIpc) is 3.14. The van der Waals surface area contributed by atoms with E-state index in [-0.39, 0.29) is 17.0 Å². The van der Waals surface area contributed by atoms with Crippen LogP contribution in [0.25, 0.3) is 0 Å². The van der Waals surface area contributed by atoms with Crippen LogP contribution in [0.3, 0.4) is 0 Å². The summed E-state index contributed by atoms with van der Waals surface area (Å²) < 4.78 is 5.75. The molecule has 1 amide bonds. The van der Waals surface area contributed by atoms with Gasteiger partial charge in [0.1, 0.15) is 12.4 Å². The molecular weight excluding hydrogens is 376 g/mol. The van der Waals surface area contributed by atoms with Gasteiger partial charge in [0.05, 0.1) is 6.54 Å². The zero-order valence-electron chi connectivity index (χ0n) is 15.3. The fourth-order valence-corrected chi connectivity index (χ4v) is 2.55. The number of hydrogen-bond acceptors (Lipinski definition) is 6. The Balaban J connectivity index is 1.55. The van der Waals surface area contributed by atoms with Gasteiger partial charge in [0.2, 0.25) is 0 Å². The van der Waals surface area contributed by atoms with Crippen molar-refractivity contribution in [2.75, 3.05) is 5.32 Å². The second-order valence-corrected chi connectivity index (χ2v) is 6.33. The standard InChI is InChI=1S/C19H20N6O2S/c1-2-11-25-23-18(22-24-25)21-19(28)20-17(26)15-9-6-10-16(12-15)27-13-14-7-4-3-5-8-14/h3-10,12H,2,11,13H2,1H3,(H2,20,21,23,26,28). The maximum atomic E-state index is 12.4. The number of rotatable bonds is 7. The van der Waals surface area contributed by atoms with E-state index in [9.17, 15) is 4.79 Å². The topological polar surface area (TPSA) is 94.0 Å². The summed E-state index contributed by atoms with van der Waals surface area (Å²) in [5.41, 5.74) is 1.48. The van der Waals surface area contributed by atoms with Gasteiger partial charge in [0.25, 0.3) is 11.9 Å². The summed E-state index contributed by atoms with van der Waals surface area (Å²) in [5, 5.41) is 17.3. The van der Waals surface area contributed by atoms with Crippen LogP contribution in [0, 0.1) is 0 Å². The molecule has 3 aromatic rings. The number of carbonyl (C=O) groups is 1. The molecule has 144 valence electrons. The number of thiocarbonyl (C=S) groups is 1. The average molecular weight is 396 g/mol.